The van der Waals surface area contributed by atoms with Crippen LogP contribution in [0.1, 0.15) is 19.4 Å². The lowest BCUT2D eigenvalue weighted by molar-refractivity contribution is -0.137. The molecule has 0 aliphatic carbocycles. The monoisotopic (exact) mass is 397 g/mol. The van der Waals surface area contributed by atoms with E-state index in [9.17, 15) is 14.4 Å². The van der Waals surface area contributed by atoms with Gasteiger partial charge in [-0.15, -0.1) is 0 Å². The molecule has 9 nitrogen and oxygen atoms in total. The van der Waals surface area contributed by atoms with Crippen LogP contribution in [0.2, 0.25) is 0 Å². The van der Waals surface area contributed by atoms with Crippen molar-refractivity contribution in [2.45, 2.75) is 32.9 Å². The van der Waals surface area contributed by atoms with Crippen molar-refractivity contribution in [2.24, 2.45) is 5.92 Å². The number of carboxylic acids is 1. The molecular formula is C20H23N5O4. The van der Waals surface area contributed by atoms with Crippen LogP contribution in [0, 0.1) is 5.92 Å². The number of hydrogen-bond acceptors (Lipinski definition) is 4. The first-order chi connectivity index (χ1) is 13.8. The van der Waals surface area contributed by atoms with Crippen LogP contribution >= 0.6 is 0 Å². The average Bonchev–Trinajstić information content (AvgIpc) is 3.27. The zero-order chi connectivity index (χ0) is 21.0. The lowest BCUT2D eigenvalue weighted by Crippen LogP contribution is -2.46. The second-order valence-corrected chi connectivity index (χ2v) is 7.06. The van der Waals surface area contributed by atoms with E-state index < -0.39 is 17.9 Å². The number of H-pyrrole nitrogens is 1. The highest BCUT2D eigenvalue weighted by molar-refractivity contribution is 5.97. The number of benzene rings is 1. The lowest BCUT2D eigenvalue weighted by atomic mass is 10.0. The maximum Gasteiger partial charge on any atom is 0.325 e. The SMILES string of the molecule is CC(C)C(=O)NC(Cc1c[nH]c2ccccc12)C(=O)Nc1ccn(CC(=O)O)n1. The van der Waals surface area contributed by atoms with Crippen LogP contribution in [0.15, 0.2) is 42.7 Å². The summed E-state index contributed by atoms with van der Waals surface area (Å²) in [5, 5.41) is 19.3. The molecule has 9 heteroatoms. The number of aliphatic carboxylic acids is 1. The van der Waals surface area contributed by atoms with Crippen molar-refractivity contribution in [1.82, 2.24) is 20.1 Å². The molecule has 0 fully saturated rings. The van der Waals surface area contributed by atoms with E-state index in [1.165, 1.54) is 16.9 Å². The minimum Gasteiger partial charge on any atom is -0.480 e. The van der Waals surface area contributed by atoms with Gasteiger partial charge in [0.05, 0.1) is 0 Å². The fourth-order valence-electron chi connectivity index (χ4n) is 2.94. The first-order valence-corrected chi connectivity index (χ1v) is 9.25. The molecule has 152 valence electrons. The van der Waals surface area contributed by atoms with Crippen molar-refractivity contribution >= 4 is 34.5 Å². The first kappa shape index (κ1) is 20.1. The van der Waals surface area contributed by atoms with Gasteiger partial charge < -0.3 is 20.7 Å². The van der Waals surface area contributed by atoms with Gasteiger partial charge in [0.15, 0.2) is 5.82 Å². The molecule has 2 aromatic heterocycles. The van der Waals surface area contributed by atoms with Crippen molar-refractivity contribution < 1.29 is 19.5 Å². The van der Waals surface area contributed by atoms with Crippen molar-refractivity contribution in [3.05, 3.63) is 48.3 Å². The highest BCUT2D eigenvalue weighted by Crippen LogP contribution is 2.19. The van der Waals surface area contributed by atoms with Crippen LogP contribution in [0.25, 0.3) is 10.9 Å². The van der Waals surface area contributed by atoms with Gasteiger partial charge >= 0.3 is 5.97 Å². The van der Waals surface area contributed by atoms with Gasteiger partial charge in [-0.2, -0.15) is 5.10 Å². The third-order valence-electron chi connectivity index (χ3n) is 4.45. The predicted molar refractivity (Wildman–Crippen MR) is 107 cm³/mol. The summed E-state index contributed by atoms with van der Waals surface area (Å²) >= 11 is 0. The number of carboxylic acid groups (broad SMARTS) is 1. The molecule has 4 N–H and O–H groups in total. The quantitative estimate of drug-likeness (QED) is 0.460. The van der Waals surface area contributed by atoms with E-state index in [0.717, 1.165) is 16.5 Å². The van der Waals surface area contributed by atoms with Gasteiger partial charge in [0.25, 0.3) is 0 Å². The van der Waals surface area contributed by atoms with Crippen molar-refractivity contribution in [1.29, 1.82) is 0 Å². The fraction of sp³-hybridized carbons (Fsp3) is 0.300. The number of aromatic amines is 1. The number of hydrogen-bond donors (Lipinski definition) is 4. The maximum atomic E-state index is 12.9. The average molecular weight is 397 g/mol. The molecule has 2 heterocycles. The van der Waals surface area contributed by atoms with Crippen LogP contribution in [0.3, 0.4) is 0 Å². The second kappa shape index (κ2) is 8.59. The Hall–Kier alpha value is -3.62. The molecule has 2 amide bonds. The summed E-state index contributed by atoms with van der Waals surface area (Å²) in [6.07, 6.45) is 3.59. The summed E-state index contributed by atoms with van der Waals surface area (Å²) in [5.74, 6) is -1.75. The van der Waals surface area contributed by atoms with E-state index in [-0.39, 0.29) is 24.2 Å². The van der Waals surface area contributed by atoms with E-state index in [2.05, 4.69) is 20.7 Å². The Balaban J connectivity index is 1.78. The minimum absolute atomic E-state index is 0.221. The topological polar surface area (TPSA) is 129 Å². The molecule has 0 aliphatic heterocycles. The zero-order valence-electron chi connectivity index (χ0n) is 16.2. The highest BCUT2D eigenvalue weighted by atomic mass is 16.4. The summed E-state index contributed by atoms with van der Waals surface area (Å²) in [7, 11) is 0. The lowest BCUT2D eigenvalue weighted by Gasteiger charge is -2.19. The molecule has 1 atom stereocenters. The summed E-state index contributed by atoms with van der Waals surface area (Å²) < 4.78 is 1.21. The number of carbonyl (C=O) groups is 3. The number of fused-ring (bicyclic) bond motifs is 1. The predicted octanol–water partition coefficient (Wildman–Crippen LogP) is 1.77. The molecule has 0 saturated carbocycles. The number of rotatable bonds is 8. The smallest absolute Gasteiger partial charge is 0.325 e. The summed E-state index contributed by atoms with van der Waals surface area (Å²) in [6.45, 7) is 3.20. The van der Waals surface area contributed by atoms with E-state index in [1.54, 1.807) is 13.8 Å². The Morgan fingerprint density at radius 2 is 1.93 bits per heavy atom. The molecular weight excluding hydrogens is 374 g/mol. The Kier molecular flexibility index (Phi) is 5.96. The number of nitrogens with one attached hydrogen (secondary N) is 3. The number of amides is 2. The van der Waals surface area contributed by atoms with E-state index >= 15 is 0 Å². The number of para-hydroxylation sites is 1. The number of anilines is 1. The first-order valence-electron chi connectivity index (χ1n) is 9.25. The van der Waals surface area contributed by atoms with Gasteiger partial charge in [0, 0.05) is 41.7 Å². The molecule has 0 radical (unpaired) electrons. The molecule has 0 saturated heterocycles. The van der Waals surface area contributed by atoms with E-state index in [0.29, 0.717) is 6.42 Å². The molecule has 0 aliphatic rings. The van der Waals surface area contributed by atoms with Gasteiger partial charge in [0.2, 0.25) is 11.8 Å². The zero-order valence-corrected chi connectivity index (χ0v) is 16.2. The fourth-order valence-corrected chi connectivity index (χ4v) is 2.94. The molecule has 3 aromatic rings. The third-order valence-corrected chi connectivity index (χ3v) is 4.45. The van der Waals surface area contributed by atoms with Gasteiger partial charge in [-0.05, 0) is 11.6 Å². The Labute approximate surface area is 167 Å². The minimum atomic E-state index is -1.03. The van der Waals surface area contributed by atoms with Crippen LogP contribution < -0.4 is 10.6 Å². The molecule has 0 bridgehead atoms. The standard InChI is InChI=1S/C20H23N5O4/c1-12(2)19(28)22-16(9-13-10-21-15-6-4-3-5-14(13)15)20(29)23-17-7-8-25(24-17)11-18(26)27/h3-8,10,12,16,21H,9,11H2,1-2H3,(H,22,28)(H,26,27)(H,23,24,29). The van der Waals surface area contributed by atoms with Gasteiger partial charge in [-0.1, -0.05) is 32.0 Å². The summed E-state index contributed by atoms with van der Waals surface area (Å²) in [5.41, 5.74) is 1.85. The molecule has 0 spiro atoms. The summed E-state index contributed by atoms with van der Waals surface area (Å²) in [6, 6.07) is 8.42. The largest absolute Gasteiger partial charge is 0.480 e. The Bertz CT molecular complexity index is 1040. The molecule has 1 aromatic carbocycles. The number of aromatic nitrogens is 3. The molecule has 3 rings (SSSR count). The highest BCUT2D eigenvalue weighted by Gasteiger charge is 2.24. The molecule has 29 heavy (non-hydrogen) atoms. The summed E-state index contributed by atoms with van der Waals surface area (Å²) in [4.78, 5) is 39.1. The number of carbonyl (C=O) groups excluding carboxylic acids is 2. The van der Waals surface area contributed by atoms with Crippen molar-refractivity contribution in [3.63, 3.8) is 0 Å². The van der Waals surface area contributed by atoms with Crippen LogP contribution in [0.5, 0.6) is 0 Å². The Morgan fingerprint density at radius 1 is 1.17 bits per heavy atom. The Morgan fingerprint density at radius 3 is 2.66 bits per heavy atom. The van der Waals surface area contributed by atoms with Crippen molar-refractivity contribution in [2.75, 3.05) is 5.32 Å². The van der Waals surface area contributed by atoms with Gasteiger partial charge in [0.1, 0.15) is 12.6 Å². The maximum absolute atomic E-state index is 12.9. The second-order valence-electron chi connectivity index (χ2n) is 7.06. The van der Waals surface area contributed by atoms with Gasteiger partial charge in [-0.3, -0.25) is 19.1 Å². The van der Waals surface area contributed by atoms with Gasteiger partial charge in [-0.25, -0.2) is 0 Å². The normalized spacial score (nSPS) is 12.1. The van der Waals surface area contributed by atoms with Crippen molar-refractivity contribution in [3.8, 4) is 0 Å². The van der Waals surface area contributed by atoms with Crippen LogP contribution in [-0.4, -0.2) is 43.7 Å². The molecule has 1 unspecified atom stereocenters. The van der Waals surface area contributed by atoms with E-state index in [1.807, 2.05) is 30.5 Å². The van der Waals surface area contributed by atoms with Crippen LogP contribution in [0.4, 0.5) is 5.82 Å². The number of nitrogens with zero attached hydrogens (tertiary/aromatic N) is 2. The van der Waals surface area contributed by atoms with Crippen LogP contribution in [-0.2, 0) is 27.3 Å². The van der Waals surface area contributed by atoms with E-state index in [4.69, 9.17) is 5.11 Å². The third kappa shape index (κ3) is 5.01.